The fraction of sp³-hybridized carbons (Fsp3) is 0.600. The number of amides is 1. The molecular formula is C20H33IN4O2S. The number of rotatable bonds is 7. The number of nitrogens with one attached hydrogen (secondary N) is 3. The molecule has 0 aliphatic heterocycles. The van der Waals surface area contributed by atoms with E-state index in [9.17, 15) is 9.00 Å². The van der Waals surface area contributed by atoms with Crippen molar-refractivity contribution in [2.45, 2.75) is 57.4 Å². The Morgan fingerprint density at radius 2 is 1.93 bits per heavy atom. The van der Waals surface area contributed by atoms with Crippen LogP contribution < -0.4 is 16.0 Å². The Kier molecular flexibility index (Phi) is 11.7. The van der Waals surface area contributed by atoms with E-state index in [0.717, 1.165) is 49.5 Å². The van der Waals surface area contributed by atoms with Crippen molar-refractivity contribution in [2.24, 2.45) is 4.99 Å². The summed E-state index contributed by atoms with van der Waals surface area (Å²) >= 11 is 0. The largest absolute Gasteiger partial charge is 0.357 e. The van der Waals surface area contributed by atoms with Crippen molar-refractivity contribution in [2.75, 3.05) is 19.3 Å². The summed E-state index contributed by atoms with van der Waals surface area (Å²) in [6.07, 6.45) is 4.19. The summed E-state index contributed by atoms with van der Waals surface area (Å²) in [5.74, 6) is 1.44. The summed E-state index contributed by atoms with van der Waals surface area (Å²) in [7, 11) is 0.900. The third-order valence-corrected chi connectivity index (χ3v) is 6.57. The molecule has 158 valence electrons. The number of guanidine groups is 1. The van der Waals surface area contributed by atoms with E-state index in [4.69, 9.17) is 0 Å². The van der Waals surface area contributed by atoms with Crippen LogP contribution in [0.4, 0.5) is 0 Å². The summed E-state index contributed by atoms with van der Waals surface area (Å²) in [4.78, 5) is 16.3. The van der Waals surface area contributed by atoms with Crippen LogP contribution >= 0.6 is 24.0 Å². The summed E-state index contributed by atoms with van der Waals surface area (Å²) in [6.45, 7) is 5.37. The highest BCUT2D eigenvalue weighted by atomic mass is 127. The lowest BCUT2D eigenvalue weighted by Crippen LogP contribution is -2.46. The molecule has 3 unspecified atom stereocenters. The molecule has 0 bridgehead atoms. The molecule has 6 nitrogen and oxygen atoms in total. The first-order chi connectivity index (χ1) is 13.1. The Bertz CT molecular complexity index is 667. The van der Waals surface area contributed by atoms with Crippen LogP contribution in [0.1, 0.15) is 55.5 Å². The molecule has 1 aliphatic carbocycles. The average Bonchev–Trinajstić information content (AvgIpc) is 2.71. The standard InChI is InChI=1S/C20H32N4O2S.HI/c1-4-22-20(24-17-7-6-8-18(13-17)27(26)5-2)23-14-15-9-11-16(12-10-15)19(25)21-3;/h9-12,17-18H,4-8,13-14H2,1-3H3,(H,21,25)(H2,22,23,24);1H. The Hall–Kier alpha value is -1.16. The topological polar surface area (TPSA) is 82.6 Å². The molecule has 1 aromatic rings. The number of aliphatic imine (C=N–C) groups is 1. The normalized spacial score (nSPS) is 20.6. The lowest BCUT2D eigenvalue weighted by molar-refractivity contribution is 0.0963. The first kappa shape index (κ1) is 24.9. The molecule has 28 heavy (non-hydrogen) atoms. The zero-order valence-electron chi connectivity index (χ0n) is 17.0. The Morgan fingerprint density at radius 3 is 2.54 bits per heavy atom. The fourth-order valence-corrected chi connectivity index (χ4v) is 4.69. The maximum absolute atomic E-state index is 12.1. The number of carbonyl (C=O) groups is 1. The molecule has 0 saturated heterocycles. The molecule has 2 rings (SSSR count). The minimum absolute atomic E-state index is 0. The van der Waals surface area contributed by atoms with E-state index < -0.39 is 10.8 Å². The number of nitrogens with zero attached hydrogens (tertiary/aromatic N) is 1. The SMILES string of the molecule is CCNC(=NCc1ccc(C(=O)NC)cc1)NC1CCCC(S(=O)CC)C1.I. The number of benzene rings is 1. The van der Waals surface area contributed by atoms with E-state index in [1.54, 1.807) is 7.05 Å². The zero-order chi connectivity index (χ0) is 19.6. The van der Waals surface area contributed by atoms with Gasteiger partial charge in [-0.25, -0.2) is 4.99 Å². The van der Waals surface area contributed by atoms with E-state index in [2.05, 4.69) is 20.9 Å². The van der Waals surface area contributed by atoms with E-state index in [1.165, 1.54) is 0 Å². The highest BCUT2D eigenvalue weighted by Crippen LogP contribution is 2.23. The molecule has 0 heterocycles. The quantitative estimate of drug-likeness (QED) is 0.294. The second-order valence-corrected chi connectivity index (χ2v) is 8.78. The maximum Gasteiger partial charge on any atom is 0.251 e. The first-order valence-corrected chi connectivity index (χ1v) is 11.2. The molecule has 1 aliphatic rings. The fourth-order valence-electron chi connectivity index (χ4n) is 3.34. The van der Waals surface area contributed by atoms with Crippen molar-refractivity contribution in [1.29, 1.82) is 0 Å². The van der Waals surface area contributed by atoms with Gasteiger partial charge in [-0.15, -0.1) is 24.0 Å². The van der Waals surface area contributed by atoms with Gasteiger partial charge in [-0.2, -0.15) is 0 Å². The van der Waals surface area contributed by atoms with Gasteiger partial charge in [-0.05, 0) is 43.9 Å². The van der Waals surface area contributed by atoms with Gasteiger partial charge in [-0.1, -0.05) is 25.5 Å². The lowest BCUT2D eigenvalue weighted by atomic mass is 9.95. The second kappa shape index (κ2) is 13.1. The average molecular weight is 520 g/mol. The highest BCUT2D eigenvalue weighted by Gasteiger charge is 2.26. The maximum atomic E-state index is 12.1. The van der Waals surface area contributed by atoms with Gasteiger partial charge < -0.3 is 16.0 Å². The minimum Gasteiger partial charge on any atom is -0.357 e. The molecular weight excluding hydrogens is 487 g/mol. The molecule has 3 atom stereocenters. The molecule has 8 heteroatoms. The van der Waals surface area contributed by atoms with Crippen LogP contribution in [0.2, 0.25) is 0 Å². The molecule has 1 fully saturated rings. The molecule has 3 N–H and O–H groups in total. The summed E-state index contributed by atoms with van der Waals surface area (Å²) in [5.41, 5.74) is 1.70. The van der Waals surface area contributed by atoms with Crippen LogP contribution in [0.15, 0.2) is 29.3 Å². The van der Waals surface area contributed by atoms with Crippen molar-refractivity contribution in [1.82, 2.24) is 16.0 Å². The van der Waals surface area contributed by atoms with E-state index in [-0.39, 0.29) is 29.9 Å². The van der Waals surface area contributed by atoms with Crippen molar-refractivity contribution >= 4 is 46.6 Å². The predicted octanol–water partition coefficient (Wildman–Crippen LogP) is 2.80. The van der Waals surface area contributed by atoms with Gasteiger partial charge in [0.1, 0.15) is 0 Å². The van der Waals surface area contributed by atoms with Crippen LogP contribution in [0.25, 0.3) is 0 Å². The van der Waals surface area contributed by atoms with Crippen LogP contribution in [0.5, 0.6) is 0 Å². The molecule has 1 amide bonds. The Balaban J connectivity index is 0.00000392. The highest BCUT2D eigenvalue weighted by molar-refractivity contribution is 14.0. The first-order valence-electron chi connectivity index (χ1n) is 9.80. The van der Waals surface area contributed by atoms with Gasteiger partial charge in [0.15, 0.2) is 5.96 Å². The van der Waals surface area contributed by atoms with Crippen LogP contribution in [-0.2, 0) is 17.3 Å². The third kappa shape index (κ3) is 7.69. The monoisotopic (exact) mass is 520 g/mol. The Morgan fingerprint density at radius 1 is 1.21 bits per heavy atom. The number of carbonyl (C=O) groups excluding carboxylic acids is 1. The van der Waals surface area contributed by atoms with Crippen molar-refractivity contribution in [3.63, 3.8) is 0 Å². The van der Waals surface area contributed by atoms with Gasteiger partial charge in [-0.3, -0.25) is 9.00 Å². The van der Waals surface area contributed by atoms with Gasteiger partial charge in [0.05, 0.1) is 6.54 Å². The summed E-state index contributed by atoms with van der Waals surface area (Å²) < 4.78 is 12.1. The molecule has 1 saturated carbocycles. The van der Waals surface area contributed by atoms with Gasteiger partial charge in [0.25, 0.3) is 5.91 Å². The van der Waals surface area contributed by atoms with E-state index in [0.29, 0.717) is 23.4 Å². The molecule has 0 radical (unpaired) electrons. The minimum atomic E-state index is -0.726. The van der Waals surface area contributed by atoms with Crippen molar-refractivity contribution < 1.29 is 9.00 Å². The van der Waals surface area contributed by atoms with E-state index >= 15 is 0 Å². The number of halogens is 1. The number of hydrogen-bond donors (Lipinski definition) is 3. The second-order valence-electron chi connectivity index (χ2n) is 6.77. The van der Waals surface area contributed by atoms with E-state index in [1.807, 2.05) is 38.1 Å². The smallest absolute Gasteiger partial charge is 0.251 e. The van der Waals surface area contributed by atoms with Gasteiger partial charge in [0, 0.05) is 47.0 Å². The molecule has 1 aromatic carbocycles. The molecule has 0 spiro atoms. The third-order valence-electron chi connectivity index (χ3n) is 4.83. The summed E-state index contributed by atoms with van der Waals surface area (Å²) in [6, 6.07) is 7.80. The predicted molar refractivity (Wildman–Crippen MR) is 128 cm³/mol. The summed E-state index contributed by atoms with van der Waals surface area (Å²) in [5, 5.41) is 9.72. The van der Waals surface area contributed by atoms with Crippen molar-refractivity contribution in [3.8, 4) is 0 Å². The van der Waals surface area contributed by atoms with Crippen LogP contribution in [-0.4, -0.2) is 46.7 Å². The van der Waals surface area contributed by atoms with Crippen molar-refractivity contribution in [3.05, 3.63) is 35.4 Å². The lowest BCUT2D eigenvalue weighted by Gasteiger charge is -2.30. The number of hydrogen-bond acceptors (Lipinski definition) is 3. The van der Waals surface area contributed by atoms with Crippen LogP contribution in [0.3, 0.4) is 0 Å². The zero-order valence-corrected chi connectivity index (χ0v) is 20.1. The van der Waals surface area contributed by atoms with Gasteiger partial charge in [0.2, 0.25) is 0 Å². The molecule has 0 aromatic heterocycles. The van der Waals surface area contributed by atoms with Gasteiger partial charge >= 0.3 is 0 Å². The van der Waals surface area contributed by atoms with Crippen LogP contribution in [0, 0.1) is 0 Å². The Labute approximate surface area is 188 Å².